The number of hydrogen-bond donors (Lipinski definition) is 4. The fourth-order valence-corrected chi connectivity index (χ4v) is 10.4. The number of halogens is 3. The van der Waals surface area contributed by atoms with Crippen LogP contribution < -0.4 is 16.0 Å². The first-order chi connectivity index (χ1) is 29.0. The molecule has 4 N–H and O–H groups in total. The third kappa shape index (κ3) is 8.23. The molecule has 2 aromatic heterocycles. The number of fused-ring (bicyclic) bond motifs is 2. The number of imide groups is 1. The zero-order chi connectivity index (χ0) is 42.8. The van der Waals surface area contributed by atoms with Gasteiger partial charge in [-0.05, 0) is 132 Å². The van der Waals surface area contributed by atoms with Gasteiger partial charge in [-0.3, -0.25) is 29.2 Å². The molecule has 1 spiro atoms. The van der Waals surface area contributed by atoms with E-state index in [1.54, 1.807) is 30.9 Å². The van der Waals surface area contributed by atoms with Crippen LogP contribution >= 0.6 is 0 Å². The Kier molecular flexibility index (Phi) is 10.4. The molecule has 61 heavy (non-hydrogen) atoms. The molecule has 2 saturated heterocycles. The molecule has 5 aliphatic rings. The van der Waals surface area contributed by atoms with Crippen molar-refractivity contribution in [2.75, 3.05) is 30.3 Å². The van der Waals surface area contributed by atoms with E-state index in [1.165, 1.54) is 18.9 Å². The number of alkyl halides is 3. The molecule has 2 aromatic carbocycles. The Hall–Kier alpha value is -5.35. The summed E-state index contributed by atoms with van der Waals surface area (Å²) in [5.74, 6) is -1.06. The Morgan fingerprint density at radius 3 is 2.41 bits per heavy atom. The van der Waals surface area contributed by atoms with Gasteiger partial charge in [0.2, 0.25) is 11.8 Å². The van der Waals surface area contributed by atoms with Gasteiger partial charge in [0.05, 0.1) is 17.2 Å². The number of aromatic nitrogens is 3. The van der Waals surface area contributed by atoms with Crippen LogP contribution in [0.5, 0.6) is 0 Å². The maximum Gasteiger partial charge on any atom is 0.433 e. The minimum absolute atomic E-state index is 0.157. The van der Waals surface area contributed by atoms with Crippen LogP contribution in [0.1, 0.15) is 122 Å². The maximum atomic E-state index is 13.3. The summed E-state index contributed by atoms with van der Waals surface area (Å²) in [6.45, 7) is 6.77. The first kappa shape index (κ1) is 41.0. The second-order valence-electron chi connectivity index (χ2n) is 18.4. The minimum atomic E-state index is -4.69. The first-order valence-corrected chi connectivity index (χ1v) is 21.4. The molecule has 322 valence electrons. The number of anilines is 2. The van der Waals surface area contributed by atoms with Crippen molar-refractivity contribution in [1.29, 1.82) is 0 Å². The molecule has 16 heteroatoms. The lowest BCUT2D eigenvalue weighted by Gasteiger charge is -2.53. The van der Waals surface area contributed by atoms with Gasteiger partial charge in [0.15, 0.2) is 0 Å². The van der Waals surface area contributed by atoms with E-state index in [0.717, 1.165) is 86.9 Å². The van der Waals surface area contributed by atoms with Crippen molar-refractivity contribution in [1.82, 2.24) is 29.9 Å². The first-order valence-electron chi connectivity index (χ1n) is 21.4. The standard InChI is InChI=1S/C45H51F3N8O5/c1-43(2,61)32-20-35-27(19-36(32)51-40(58)34-7-4-8-38(50-34)45(46,47)48)24-56(53-35)29-11-9-26(10-12-29)23-54-17-15-44(16-18-54)21-28(22-44)49-33-6-3-5-30-31(33)25-55(42(30)60)37-13-14-39(57)52-41(37)59/h3-8,19-20,24,26,28-29,37,49,61H,9-18,21-23,25H2,1-2H3,(H,51,58)(H,52,57,59)/t26-,29-,37?. The van der Waals surface area contributed by atoms with Crippen LogP contribution in [0, 0.1) is 11.3 Å². The van der Waals surface area contributed by atoms with Crippen molar-refractivity contribution in [3.8, 4) is 0 Å². The highest BCUT2D eigenvalue weighted by atomic mass is 19.4. The minimum Gasteiger partial charge on any atom is -0.386 e. The number of pyridine rings is 1. The summed E-state index contributed by atoms with van der Waals surface area (Å²) < 4.78 is 41.8. The van der Waals surface area contributed by atoms with Gasteiger partial charge in [-0.2, -0.15) is 18.3 Å². The molecule has 2 aliphatic carbocycles. The summed E-state index contributed by atoms with van der Waals surface area (Å²) >= 11 is 0. The van der Waals surface area contributed by atoms with E-state index in [-0.39, 0.29) is 35.7 Å². The van der Waals surface area contributed by atoms with E-state index in [9.17, 15) is 37.5 Å². The predicted octanol–water partition coefficient (Wildman–Crippen LogP) is 6.78. The number of carbonyl (C=O) groups is 4. The fraction of sp³-hybridized carbons (Fsp3) is 0.511. The van der Waals surface area contributed by atoms with E-state index in [4.69, 9.17) is 5.10 Å². The molecule has 4 aromatic rings. The van der Waals surface area contributed by atoms with Gasteiger partial charge in [-0.25, -0.2) is 4.98 Å². The average Bonchev–Trinajstić information content (AvgIpc) is 3.78. The van der Waals surface area contributed by atoms with Gasteiger partial charge in [0.1, 0.15) is 17.4 Å². The van der Waals surface area contributed by atoms with Crippen molar-refractivity contribution in [3.63, 3.8) is 0 Å². The zero-order valence-corrected chi connectivity index (χ0v) is 34.4. The Balaban J connectivity index is 0.760. The van der Waals surface area contributed by atoms with Crippen molar-refractivity contribution in [2.45, 2.75) is 115 Å². The number of hydrogen-bond acceptors (Lipinski definition) is 9. The zero-order valence-electron chi connectivity index (χ0n) is 34.4. The number of piperidine rings is 2. The SMILES string of the molecule is CC(C)(O)c1cc2nn([C@H]3CC[C@H](CN4CCC5(CC4)CC(Nc4cccc6c4CN(C4CCC(=O)NC4=O)C6=O)C5)CC3)cc2cc1NC(=O)c1cccc(C(F)(F)F)n1. The smallest absolute Gasteiger partial charge is 0.386 e. The molecule has 0 radical (unpaired) electrons. The lowest BCUT2D eigenvalue weighted by molar-refractivity contribution is -0.141. The van der Waals surface area contributed by atoms with E-state index in [0.29, 0.717) is 47.0 Å². The number of benzene rings is 2. The molecule has 5 heterocycles. The summed E-state index contributed by atoms with van der Waals surface area (Å²) in [4.78, 5) is 58.3. The predicted molar refractivity (Wildman–Crippen MR) is 220 cm³/mol. The molecule has 4 amide bonds. The fourth-order valence-electron chi connectivity index (χ4n) is 10.4. The van der Waals surface area contributed by atoms with Crippen LogP contribution in [-0.4, -0.2) is 85.0 Å². The highest BCUT2D eigenvalue weighted by molar-refractivity contribution is 6.06. The van der Waals surface area contributed by atoms with Crippen LogP contribution in [0.15, 0.2) is 54.7 Å². The Bertz CT molecular complexity index is 2380. The Labute approximate surface area is 351 Å². The summed E-state index contributed by atoms with van der Waals surface area (Å²) in [6.07, 6.45) is 6.48. The molecule has 1 atom stereocenters. The van der Waals surface area contributed by atoms with E-state index in [2.05, 4.69) is 25.8 Å². The average molecular weight is 841 g/mol. The number of amides is 4. The Morgan fingerprint density at radius 1 is 0.967 bits per heavy atom. The van der Waals surface area contributed by atoms with Gasteiger partial charge in [-0.1, -0.05) is 12.1 Å². The van der Waals surface area contributed by atoms with Gasteiger partial charge in [0.25, 0.3) is 11.8 Å². The second kappa shape index (κ2) is 15.5. The van der Waals surface area contributed by atoms with E-state index >= 15 is 0 Å². The molecule has 9 rings (SSSR count). The van der Waals surface area contributed by atoms with Gasteiger partial charge < -0.3 is 25.5 Å². The molecular formula is C45H51F3N8O5. The summed E-state index contributed by atoms with van der Waals surface area (Å²) in [5.41, 5.74) is 1.26. The third-order valence-electron chi connectivity index (χ3n) is 13.8. The largest absolute Gasteiger partial charge is 0.433 e. The quantitative estimate of drug-likeness (QED) is 0.133. The Morgan fingerprint density at radius 2 is 1.70 bits per heavy atom. The molecule has 1 unspecified atom stereocenters. The van der Waals surface area contributed by atoms with E-state index in [1.807, 2.05) is 29.1 Å². The van der Waals surface area contributed by atoms with Crippen LogP contribution in [-0.2, 0) is 27.9 Å². The number of aliphatic hydroxyl groups is 1. The molecule has 0 bridgehead atoms. The van der Waals surface area contributed by atoms with Crippen molar-refractivity contribution < 1.29 is 37.5 Å². The number of nitrogens with zero attached hydrogens (tertiary/aromatic N) is 5. The highest BCUT2D eigenvalue weighted by Crippen LogP contribution is 2.51. The summed E-state index contributed by atoms with van der Waals surface area (Å²) in [7, 11) is 0. The van der Waals surface area contributed by atoms with Crippen molar-refractivity contribution in [2.24, 2.45) is 11.3 Å². The molecular weight excluding hydrogens is 790 g/mol. The monoisotopic (exact) mass is 840 g/mol. The number of likely N-dealkylation sites (tertiary alicyclic amines) is 1. The van der Waals surface area contributed by atoms with Crippen LogP contribution in [0.4, 0.5) is 24.5 Å². The molecule has 3 aliphatic heterocycles. The molecule has 13 nitrogen and oxygen atoms in total. The second-order valence-corrected chi connectivity index (χ2v) is 18.4. The van der Waals surface area contributed by atoms with Gasteiger partial charge in [-0.15, -0.1) is 0 Å². The normalized spacial score (nSPS) is 23.5. The maximum absolute atomic E-state index is 13.3. The van der Waals surface area contributed by atoms with Crippen LogP contribution in [0.2, 0.25) is 0 Å². The number of carbonyl (C=O) groups excluding carboxylic acids is 4. The van der Waals surface area contributed by atoms with Crippen LogP contribution in [0.3, 0.4) is 0 Å². The highest BCUT2D eigenvalue weighted by Gasteiger charge is 2.47. The third-order valence-corrected chi connectivity index (χ3v) is 13.8. The van der Waals surface area contributed by atoms with Gasteiger partial charge >= 0.3 is 6.18 Å². The van der Waals surface area contributed by atoms with E-state index < -0.39 is 35.3 Å². The number of nitrogens with one attached hydrogen (secondary N) is 3. The van der Waals surface area contributed by atoms with Crippen molar-refractivity contribution >= 4 is 45.9 Å². The summed E-state index contributed by atoms with van der Waals surface area (Å²) in [6, 6.07) is 12.3. The summed E-state index contributed by atoms with van der Waals surface area (Å²) in [5, 5.41) is 25.4. The van der Waals surface area contributed by atoms with Crippen LogP contribution in [0.25, 0.3) is 10.9 Å². The lowest BCUT2D eigenvalue weighted by Crippen LogP contribution is -2.52. The molecule has 2 saturated carbocycles. The number of rotatable bonds is 9. The van der Waals surface area contributed by atoms with Gasteiger partial charge in [0, 0.05) is 65.2 Å². The lowest BCUT2D eigenvalue weighted by atomic mass is 9.60. The molecule has 4 fully saturated rings. The topological polar surface area (TPSA) is 162 Å². The van der Waals surface area contributed by atoms with Crippen molar-refractivity contribution in [3.05, 3.63) is 82.8 Å².